The molecule has 1 aromatic heterocycles. The summed E-state index contributed by atoms with van der Waals surface area (Å²) >= 11 is 0. The second kappa shape index (κ2) is 9.98. The van der Waals surface area contributed by atoms with Gasteiger partial charge in [0.1, 0.15) is 0 Å². The maximum Gasteiger partial charge on any atom is 0.236 e. The highest BCUT2D eigenvalue weighted by Crippen LogP contribution is 2.19. The number of benzene rings is 2. The van der Waals surface area contributed by atoms with Gasteiger partial charge in [-0.2, -0.15) is 0 Å². The van der Waals surface area contributed by atoms with Gasteiger partial charge in [-0.1, -0.05) is 56.3 Å². The molecule has 4 rings (SSSR count). The summed E-state index contributed by atoms with van der Waals surface area (Å²) in [6, 6.07) is 16.2. The van der Waals surface area contributed by atoms with Crippen molar-refractivity contribution >= 4 is 16.9 Å². The molecule has 2 heterocycles. The summed E-state index contributed by atoms with van der Waals surface area (Å²) in [4.78, 5) is 26.1. The van der Waals surface area contributed by atoms with Gasteiger partial charge in [-0.25, -0.2) is 0 Å². The Morgan fingerprint density at radius 2 is 1.84 bits per heavy atom. The number of hydrogen-bond donors (Lipinski definition) is 0. The Bertz CT molecular complexity index is 1000. The van der Waals surface area contributed by atoms with Gasteiger partial charge in [0.05, 0.1) is 30.3 Å². The van der Waals surface area contributed by atoms with Crippen LogP contribution in [0, 0.1) is 5.92 Å². The third-order valence-electron chi connectivity index (χ3n) is 5.49. The number of fused-ring (bicyclic) bond motifs is 1. The van der Waals surface area contributed by atoms with Crippen LogP contribution in [0.2, 0.25) is 0 Å². The standard InChI is InChI=1S/C25H30N4O2/c1-19(2)13-29-16-22(31-18-20-7-4-3-5-8-20)15-28(17-24(29)30)14-21-9-6-10-23-25(21)27-12-11-26-23/h3-12,19,22H,13-18H2,1-2H3. The summed E-state index contributed by atoms with van der Waals surface area (Å²) in [5.41, 5.74) is 3.99. The van der Waals surface area contributed by atoms with Gasteiger partial charge in [-0.3, -0.25) is 19.7 Å². The van der Waals surface area contributed by atoms with Crippen LogP contribution in [-0.4, -0.2) is 58.0 Å². The van der Waals surface area contributed by atoms with E-state index in [1.807, 2.05) is 35.2 Å². The van der Waals surface area contributed by atoms with E-state index in [2.05, 4.69) is 46.9 Å². The zero-order chi connectivity index (χ0) is 21.6. The molecule has 0 bridgehead atoms. The molecule has 2 aromatic carbocycles. The molecule has 0 saturated carbocycles. The van der Waals surface area contributed by atoms with Crippen LogP contribution in [-0.2, 0) is 22.7 Å². The van der Waals surface area contributed by atoms with Crippen molar-refractivity contribution in [3.8, 4) is 0 Å². The second-order valence-corrected chi connectivity index (χ2v) is 8.62. The van der Waals surface area contributed by atoms with Crippen molar-refractivity contribution in [2.24, 2.45) is 5.92 Å². The number of carbonyl (C=O) groups is 1. The molecule has 1 aliphatic heterocycles. The Labute approximate surface area is 183 Å². The maximum atomic E-state index is 13.0. The first-order valence-electron chi connectivity index (χ1n) is 10.9. The van der Waals surface area contributed by atoms with E-state index in [4.69, 9.17) is 4.74 Å². The van der Waals surface area contributed by atoms with E-state index in [9.17, 15) is 4.79 Å². The molecule has 1 unspecified atom stereocenters. The number of hydrogen-bond acceptors (Lipinski definition) is 5. The fraction of sp³-hybridized carbons (Fsp3) is 0.400. The predicted molar refractivity (Wildman–Crippen MR) is 121 cm³/mol. The summed E-state index contributed by atoms with van der Waals surface area (Å²) in [6.45, 7) is 7.92. The molecule has 162 valence electrons. The number of ether oxygens (including phenoxy) is 1. The van der Waals surface area contributed by atoms with E-state index in [1.165, 1.54) is 0 Å². The maximum absolute atomic E-state index is 13.0. The number of nitrogens with zero attached hydrogens (tertiary/aromatic N) is 4. The number of amides is 1. The topological polar surface area (TPSA) is 58.6 Å². The normalized spacial score (nSPS) is 18.0. The van der Waals surface area contributed by atoms with E-state index in [0.717, 1.165) is 28.7 Å². The smallest absolute Gasteiger partial charge is 0.236 e. The van der Waals surface area contributed by atoms with E-state index in [-0.39, 0.29) is 12.0 Å². The van der Waals surface area contributed by atoms with Gasteiger partial charge in [0, 0.05) is 38.6 Å². The van der Waals surface area contributed by atoms with Crippen LogP contribution in [0.1, 0.15) is 25.0 Å². The van der Waals surface area contributed by atoms with Gasteiger partial charge in [0.25, 0.3) is 0 Å². The fourth-order valence-corrected chi connectivity index (χ4v) is 4.10. The van der Waals surface area contributed by atoms with Gasteiger partial charge >= 0.3 is 0 Å². The Morgan fingerprint density at radius 1 is 1.03 bits per heavy atom. The van der Waals surface area contributed by atoms with Crippen LogP contribution in [0.5, 0.6) is 0 Å². The predicted octanol–water partition coefficient (Wildman–Crippen LogP) is 3.52. The minimum absolute atomic E-state index is 0.0496. The zero-order valence-electron chi connectivity index (χ0n) is 18.3. The minimum atomic E-state index is -0.0496. The van der Waals surface area contributed by atoms with Crippen molar-refractivity contribution in [1.82, 2.24) is 19.8 Å². The molecule has 0 radical (unpaired) electrons. The molecule has 6 heteroatoms. The van der Waals surface area contributed by atoms with Crippen molar-refractivity contribution in [3.63, 3.8) is 0 Å². The van der Waals surface area contributed by atoms with Crippen LogP contribution in [0.25, 0.3) is 11.0 Å². The van der Waals surface area contributed by atoms with Gasteiger partial charge in [0.2, 0.25) is 5.91 Å². The number of carbonyl (C=O) groups excluding carboxylic acids is 1. The van der Waals surface area contributed by atoms with Crippen molar-refractivity contribution in [2.45, 2.75) is 33.1 Å². The third kappa shape index (κ3) is 5.66. The molecule has 0 aliphatic carbocycles. The van der Waals surface area contributed by atoms with E-state index in [0.29, 0.717) is 38.7 Å². The average Bonchev–Trinajstić information content (AvgIpc) is 2.91. The summed E-state index contributed by atoms with van der Waals surface area (Å²) < 4.78 is 6.30. The average molecular weight is 419 g/mol. The zero-order valence-corrected chi connectivity index (χ0v) is 18.3. The second-order valence-electron chi connectivity index (χ2n) is 8.62. The summed E-state index contributed by atoms with van der Waals surface area (Å²) in [7, 11) is 0. The van der Waals surface area contributed by atoms with Crippen LogP contribution in [0.3, 0.4) is 0 Å². The number of rotatable bonds is 7. The highest BCUT2D eigenvalue weighted by atomic mass is 16.5. The van der Waals surface area contributed by atoms with E-state index in [1.54, 1.807) is 12.4 Å². The highest BCUT2D eigenvalue weighted by molar-refractivity contribution is 5.79. The van der Waals surface area contributed by atoms with Crippen molar-refractivity contribution in [2.75, 3.05) is 26.2 Å². The molecular formula is C25H30N4O2. The van der Waals surface area contributed by atoms with Crippen LogP contribution in [0.15, 0.2) is 60.9 Å². The first-order valence-corrected chi connectivity index (χ1v) is 10.9. The lowest BCUT2D eigenvalue weighted by Gasteiger charge is -2.26. The third-order valence-corrected chi connectivity index (χ3v) is 5.49. The molecule has 0 N–H and O–H groups in total. The van der Waals surface area contributed by atoms with Gasteiger partial charge < -0.3 is 9.64 Å². The van der Waals surface area contributed by atoms with Crippen LogP contribution < -0.4 is 0 Å². The Balaban J connectivity index is 1.52. The molecule has 3 aromatic rings. The van der Waals surface area contributed by atoms with Gasteiger partial charge in [-0.05, 0) is 23.1 Å². The van der Waals surface area contributed by atoms with E-state index < -0.39 is 0 Å². The minimum Gasteiger partial charge on any atom is -0.370 e. The van der Waals surface area contributed by atoms with Crippen molar-refractivity contribution in [1.29, 1.82) is 0 Å². The van der Waals surface area contributed by atoms with E-state index >= 15 is 0 Å². The van der Waals surface area contributed by atoms with Crippen LogP contribution in [0.4, 0.5) is 0 Å². The molecule has 1 aliphatic rings. The quantitative estimate of drug-likeness (QED) is 0.588. The molecule has 1 amide bonds. The summed E-state index contributed by atoms with van der Waals surface area (Å²) in [6.07, 6.45) is 3.38. The molecule has 31 heavy (non-hydrogen) atoms. The SMILES string of the molecule is CC(C)CN1CC(OCc2ccccc2)CN(Cc2cccc3nccnc23)CC1=O. The first-order chi connectivity index (χ1) is 15.1. The van der Waals surface area contributed by atoms with Gasteiger partial charge in [-0.15, -0.1) is 0 Å². The lowest BCUT2D eigenvalue weighted by atomic mass is 10.1. The summed E-state index contributed by atoms with van der Waals surface area (Å²) in [5.74, 6) is 0.574. The molecule has 1 saturated heterocycles. The fourth-order valence-electron chi connectivity index (χ4n) is 4.10. The largest absolute Gasteiger partial charge is 0.370 e. The monoisotopic (exact) mass is 418 g/mol. The highest BCUT2D eigenvalue weighted by Gasteiger charge is 2.29. The first kappa shape index (κ1) is 21.4. The summed E-state index contributed by atoms with van der Waals surface area (Å²) in [5, 5.41) is 0. The Morgan fingerprint density at radius 3 is 2.65 bits per heavy atom. The molecule has 1 fully saturated rings. The molecular weight excluding hydrogens is 388 g/mol. The Kier molecular flexibility index (Phi) is 6.89. The molecule has 1 atom stereocenters. The number of aromatic nitrogens is 2. The molecule has 6 nitrogen and oxygen atoms in total. The van der Waals surface area contributed by atoms with Crippen LogP contribution >= 0.6 is 0 Å². The molecule has 0 spiro atoms. The van der Waals surface area contributed by atoms with Crippen molar-refractivity contribution in [3.05, 3.63) is 72.1 Å². The Hall–Kier alpha value is -2.83. The lowest BCUT2D eigenvalue weighted by molar-refractivity contribution is -0.132. The number of para-hydroxylation sites is 1. The van der Waals surface area contributed by atoms with Gasteiger partial charge in [0.15, 0.2) is 0 Å². The lowest BCUT2D eigenvalue weighted by Crippen LogP contribution is -2.40. The van der Waals surface area contributed by atoms with Crippen molar-refractivity contribution < 1.29 is 9.53 Å².